The number of hydrogen-bond acceptors (Lipinski definition) is 4. The molecule has 130 valence electrons. The second kappa shape index (κ2) is 8.24. The molecule has 1 fully saturated rings. The van der Waals surface area contributed by atoms with Crippen LogP contribution in [0, 0.1) is 0 Å². The maximum atomic E-state index is 12.6. The summed E-state index contributed by atoms with van der Waals surface area (Å²) in [7, 11) is 5.08. The van der Waals surface area contributed by atoms with Crippen molar-refractivity contribution in [1.29, 1.82) is 0 Å². The molecule has 1 aromatic carbocycles. The van der Waals surface area contributed by atoms with Crippen molar-refractivity contribution in [3.63, 3.8) is 0 Å². The number of benzene rings is 1. The van der Waals surface area contributed by atoms with Crippen LogP contribution in [0.2, 0.25) is 0 Å². The first-order chi connectivity index (χ1) is 11.4. The van der Waals surface area contributed by atoms with E-state index in [-0.39, 0.29) is 17.9 Å². The minimum Gasteiger partial charge on any atom is -0.496 e. The van der Waals surface area contributed by atoms with Crippen molar-refractivity contribution < 1.29 is 14.3 Å². The van der Waals surface area contributed by atoms with Crippen LogP contribution < -0.4 is 4.74 Å². The topological polar surface area (TPSA) is 49.9 Å². The van der Waals surface area contributed by atoms with E-state index in [0.29, 0.717) is 18.1 Å². The van der Waals surface area contributed by atoms with Crippen LogP contribution in [-0.2, 0) is 16.0 Å². The third kappa shape index (κ3) is 4.32. The molecule has 5 nitrogen and oxygen atoms in total. The minimum atomic E-state index is -0.368. The number of likely N-dealkylation sites (N-methyl/N-ethyl adjacent to an activating group) is 1. The zero-order chi connectivity index (χ0) is 17.7. The smallest absolute Gasteiger partial charge is 0.247 e. The summed E-state index contributed by atoms with van der Waals surface area (Å²) in [5.41, 5.74) is 1.98. The van der Waals surface area contributed by atoms with E-state index >= 15 is 0 Å². The standard InChI is InChI=1S/C18H24N2O3S/c1-13(9-14-7-5-6-8-16(14)23-4)10-17(21)20-12-24-11-15(20)18(22)19(2)3/h5-8,10,15H,9,11-12H2,1-4H3/b13-10-. The van der Waals surface area contributed by atoms with Crippen LogP contribution in [0.25, 0.3) is 0 Å². The van der Waals surface area contributed by atoms with Gasteiger partial charge in [0.25, 0.3) is 0 Å². The van der Waals surface area contributed by atoms with Crippen molar-refractivity contribution in [3.8, 4) is 5.75 Å². The Morgan fingerprint density at radius 3 is 2.75 bits per heavy atom. The molecular weight excluding hydrogens is 324 g/mol. The molecule has 0 saturated carbocycles. The molecule has 0 aliphatic carbocycles. The van der Waals surface area contributed by atoms with Crippen LogP contribution >= 0.6 is 11.8 Å². The highest BCUT2D eigenvalue weighted by Gasteiger charge is 2.34. The average Bonchev–Trinajstić information content (AvgIpc) is 3.04. The number of allylic oxidation sites excluding steroid dienone is 1. The molecule has 1 aromatic rings. The SMILES string of the molecule is COc1ccccc1C/C(C)=C\C(=O)N1CSCC1C(=O)N(C)C. The lowest BCUT2D eigenvalue weighted by Crippen LogP contribution is -2.46. The van der Waals surface area contributed by atoms with E-state index in [0.717, 1.165) is 16.9 Å². The van der Waals surface area contributed by atoms with Crippen LogP contribution in [0.3, 0.4) is 0 Å². The lowest BCUT2D eigenvalue weighted by molar-refractivity contribution is -0.139. The van der Waals surface area contributed by atoms with Gasteiger partial charge in [-0.2, -0.15) is 0 Å². The van der Waals surface area contributed by atoms with Gasteiger partial charge >= 0.3 is 0 Å². The van der Waals surface area contributed by atoms with Gasteiger partial charge in [-0.1, -0.05) is 23.8 Å². The van der Waals surface area contributed by atoms with Crippen molar-refractivity contribution >= 4 is 23.6 Å². The predicted molar refractivity (Wildman–Crippen MR) is 97.1 cm³/mol. The van der Waals surface area contributed by atoms with E-state index in [1.54, 1.807) is 48.8 Å². The Labute approximate surface area is 147 Å². The van der Waals surface area contributed by atoms with Gasteiger partial charge < -0.3 is 14.5 Å². The predicted octanol–water partition coefficient (Wildman–Crippen LogP) is 2.17. The first-order valence-corrected chi connectivity index (χ1v) is 8.98. The van der Waals surface area contributed by atoms with Gasteiger partial charge in [0.05, 0.1) is 13.0 Å². The highest BCUT2D eigenvalue weighted by atomic mass is 32.2. The Morgan fingerprint density at radius 2 is 2.08 bits per heavy atom. The van der Waals surface area contributed by atoms with E-state index in [1.807, 2.05) is 31.2 Å². The minimum absolute atomic E-state index is 0.0240. The number of rotatable bonds is 5. The lowest BCUT2D eigenvalue weighted by atomic mass is 10.0. The Morgan fingerprint density at radius 1 is 1.38 bits per heavy atom. The fraction of sp³-hybridized carbons (Fsp3) is 0.444. The fourth-order valence-corrected chi connectivity index (χ4v) is 3.81. The van der Waals surface area contributed by atoms with Crippen LogP contribution in [0.15, 0.2) is 35.9 Å². The monoisotopic (exact) mass is 348 g/mol. The van der Waals surface area contributed by atoms with Crippen LogP contribution in [-0.4, -0.2) is 60.5 Å². The summed E-state index contributed by atoms with van der Waals surface area (Å²) in [5, 5.41) is 0. The fourth-order valence-electron chi connectivity index (χ4n) is 2.66. The second-order valence-corrected chi connectivity index (χ2v) is 7.04. The molecule has 0 radical (unpaired) electrons. The molecule has 0 N–H and O–H groups in total. The van der Waals surface area contributed by atoms with Gasteiger partial charge in [0, 0.05) is 25.9 Å². The van der Waals surface area contributed by atoms with Crippen molar-refractivity contribution in [2.45, 2.75) is 19.4 Å². The molecule has 2 amide bonds. The van der Waals surface area contributed by atoms with E-state index in [2.05, 4.69) is 0 Å². The Bertz CT molecular complexity index is 643. The number of carbonyl (C=O) groups excluding carboxylic acids is 2. The number of para-hydroxylation sites is 1. The van der Waals surface area contributed by atoms with Gasteiger partial charge in [-0.3, -0.25) is 9.59 Å². The molecule has 2 rings (SSSR count). The summed E-state index contributed by atoms with van der Waals surface area (Å²) in [5.74, 6) is 1.90. The van der Waals surface area contributed by atoms with Crippen LogP contribution in [0.4, 0.5) is 0 Å². The Kier molecular flexibility index (Phi) is 6.31. The number of methoxy groups -OCH3 is 1. The first kappa shape index (κ1) is 18.4. The number of ether oxygens (including phenoxy) is 1. The van der Waals surface area contributed by atoms with E-state index < -0.39 is 0 Å². The molecular formula is C18H24N2O3S. The zero-order valence-electron chi connectivity index (χ0n) is 14.6. The van der Waals surface area contributed by atoms with Crippen molar-refractivity contribution in [3.05, 3.63) is 41.5 Å². The highest BCUT2D eigenvalue weighted by molar-refractivity contribution is 7.99. The van der Waals surface area contributed by atoms with E-state index in [4.69, 9.17) is 4.74 Å². The van der Waals surface area contributed by atoms with E-state index in [9.17, 15) is 9.59 Å². The van der Waals surface area contributed by atoms with Gasteiger partial charge in [0.15, 0.2) is 0 Å². The number of thioether (sulfide) groups is 1. The number of hydrogen-bond donors (Lipinski definition) is 0. The maximum absolute atomic E-state index is 12.6. The zero-order valence-corrected chi connectivity index (χ0v) is 15.4. The van der Waals surface area contributed by atoms with Gasteiger partial charge in [0.1, 0.15) is 11.8 Å². The quantitative estimate of drug-likeness (QED) is 0.765. The summed E-state index contributed by atoms with van der Waals surface area (Å²) >= 11 is 1.61. The molecule has 0 bridgehead atoms. The number of amides is 2. The molecule has 1 aliphatic heterocycles. The summed E-state index contributed by atoms with van der Waals surface area (Å²) in [6, 6.07) is 7.41. The van der Waals surface area contributed by atoms with Crippen LogP contribution in [0.5, 0.6) is 5.75 Å². The number of carbonyl (C=O) groups is 2. The molecule has 0 aromatic heterocycles. The van der Waals surface area contributed by atoms with Gasteiger partial charge in [-0.25, -0.2) is 0 Å². The first-order valence-electron chi connectivity index (χ1n) is 7.82. The lowest BCUT2D eigenvalue weighted by Gasteiger charge is -2.24. The van der Waals surface area contributed by atoms with Crippen molar-refractivity contribution in [2.75, 3.05) is 32.8 Å². The number of nitrogens with zero attached hydrogens (tertiary/aromatic N) is 2. The molecule has 6 heteroatoms. The summed E-state index contributed by atoms with van der Waals surface area (Å²) in [4.78, 5) is 28.0. The van der Waals surface area contributed by atoms with Gasteiger partial charge in [-0.05, 0) is 25.0 Å². The van der Waals surface area contributed by atoms with E-state index in [1.165, 1.54) is 0 Å². The summed E-state index contributed by atoms with van der Waals surface area (Å²) < 4.78 is 5.35. The van der Waals surface area contributed by atoms with Crippen molar-refractivity contribution in [1.82, 2.24) is 9.80 Å². The molecule has 1 unspecified atom stereocenters. The van der Waals surface area contributed by atoms with Gasteiger partial charge in [-0.15, -0.1) is 11.8 Å². The van der Waals surface area contributed by atoms with Crippen LogP contribution in [0.1, 0.15) is 12.5 Å². The molecule has 0 spiro atoms. The average molecular weight is 348 g/mol. The summed E-state index contributed by atoms with van der Waals surface area (Å²) in [6.07, 6.45) is 2.28. The Balaban J connectivity index is 2.09. The Hall–Kier alpha value is -1.95. The molecule has 24 heavy (non-hydrogen) atoms. The third-order valence-electron chi connectivity index (χ3n) is 3.92. The molecule has 1 heterocycles. The summed E-state index contributed by atoms with van der Waals surface area (Å²) in [6.45, 7) is 1.93. The largest absolute Gasteiger partial charge is 0.496 e. The molecule has 1 aliphatic rings. The normalized spacial score (nSPS) is 17.8. The van der Waals surface area contributed by atoms with Crippen molar-refractivity contribution in [2.24, 2.45) is 0 Å². The third-order valence-corrected chi connectivity index (χ3v) is 4.94. The highest BCUT2D eigenvalue weighted by Crippen LogP contribution is 2.24. The molecule has 1 atom stereocenters. The maximum Gasteiger partial charge on any atom is 0.247 e. The van der Waals surface area contributed by atoms with Gasteiger partial charge in [0.2, 0.25) is 11.8 Å². The second-order valence-electron chi connectivity index (χ2n) is 6.04. The molecule has 1 saturated heterocycles.